The van der Waals surface area contributed by atoms with Crippen LogP contribution in [0.2, 0.25) is 0 Å². The summed E-state index contributed by atoms with van der Waals surface area (Å²) in [5, 5.41) is 0. The predicted octanol–water partition coefficient (Wildman–Crippen LogP) is 1.16. The van der Waals surface area contributed by atoms with Crippen LogP contribution in [0.4, 0.5) is 5.69 Å². The predicted molar refractivity (Wildman–Crippen MR) is 84.2 cm³/mol. The zero-order valence-corrected chi connectivity index (χ0v) is 13.3. The summed E-state index contributed by atoms with van der Waals surface area (Å²) in [6.07, 6.45) is 0. The van der Waals surface area contributed by atoms with Gasteiger partial charge in [0, 0.05) is 24.8 Å². The minimum Gasteiger partial charge on any atom is -0.309 e. The molecule has 1 heterocycles. The van der Waals surface area contributed by atoms with E-state index in [1.807, 2.05) is 49.1 Å². The number of nitrogens with zero attached hydrogens (tertiary/aromatic N) is 2. The van der Waals surface area contributed by atoms with Gasteiger partial charge in [-0.2, -0.15) is 0 Å². The van der Waals surface area contributed by atoms with Crippen LogP contribution >= 0.6 is 0 Å². The van der Waals surface area contributed by atoms with Gasteiger partial charge >= 0.3 is 0 Å². The fourth-order valence-corrected chi connectivity index (χ4v) is 3.77. The molecule has 0 saturated carbocycles. The Bertz CT molecular complexity index is 570. The maximum Gasteiger partial charge on any atom is 0.241 e. The van der Waals surface area contributed by atoms with E-state index < -0.39 is 9.84 Å². The number of amides is 1. The molecule has 21 heavy (non-hydrogen) atoms. The van der Waals surface area contributed by atoms with Gasteiger partial charge in [-0.1, -0.05) is 18.2 Å². The van der Waals surface area contributed by atoms with E-state index >= 15 is 0 Å². The van der Waals surface area contributed by atoms with Crippen molar-refractivity contribution < 1.29 is 13.2 Å². The first-order chi connectivity index (χ1) is 9.89. The number of rotatable bonds is 4. The topological polar surface area (TPSA) is 57.7 Å². The maximum absolute atomic E-state index is 12.5. The number of para-hydroxylation sites is 1. The lowest BCUT2D eigenvalue weighted by molar-refractivity contribution is -0.120. The van der Waals surface area contributed by atoms with Gasteiger partial charge in [0.25, 0.3) is 0 Å². The summed E-state index contributed by atoms with van der Waals surface area (Å²) in [7, 11) is -2.91. The van der Waals surface area contributed by atoms with Gasteiger partial charge in [0.2, 0.25) is 5.91 Å². The Morgan fingerprint density at radius 1 is 1.19 bits per heavy atom. The highest BCUT2D eigenvalue weighted by Crippen LogP contribution is 2.17. The first-order valence-electron chi connectivity index (χ1n) is 7.19. The van der Waals surface area contributed by atoms with Gasteiger partial charge in [-0.15, -0.1) is 0 Å². The van der Waals surface area contributed by atoms with E-state index in [1.165, 1.54) is 0 Å². The monoisotopic (exact) mass is 310 g/mol. The zero-order chi connectivity index (χ0) is 15.5. The first kappa shape index (κ1) is 16.0. The van der Waals surface area contributed by atoms with Crippen molar-refractivity contribution in [2.24, 2.45) is 0 Å². The molecule has 1 amide bonds. The van der Waals surface area contributed by atoms with Crippen molar-refractivity contribution in [3.63, 3.8) is 0 Å². The average Bonchev–Trinajstić information content (AvgIpc) is 2.42. The third-order valence-electron chi connectivity index (χ3n) is 3.62. The number of anilines is 1. The molecule has 0 unspecified atom stereocenters. The summed E-state index contributed by atoms with van der Waals surface area (Å²) >= 11 is 0. The standard InChI is InChI=1S/C15H22N2O3S/c1-13(2)17(14-6-4-3-5-7-14)15(18)12-16-8-10-21(19,20)11-9-16/h3-7,13H,8-12H2,1-2H3. The lowest BCUT2D eigenvalue weighted by atomic mass is 10.2. The Morgan fingerprint density at radius 2 is 1.76 bits per heavy atom. The molecule has 1 aliphatic heterocycles. The van der Waals surface area contributed by atoms with E-state index in [9.17, 15) is 13.2 Å². The molecule has 0 radical (unpaired) electrons. The summed E-state index contributed by atoms with van der Waals surface area (Å²) in [5.74, 6) is 0.302. The molecule has 0 aromatic heterocycles. The van der Waals surface area contributed by atoms with Crippen LogP contribution in [0.1, 0.15) is 13.8 Å². The second-order valence-corrected chi connectivity index (χ2v) is 7.92. The molecular weight excluding hydrogens is 288 g/mol. The molecule has 116 valence electrons. The number of hydrogen-bond donors (Lipinski definition) is 0. The summed E-state index contributed by atoms with van der Waals surface area (Å²) in [5.41, 5.74) is 0.877. The number of benzene rings is 1. The van der Waals surface area contributed by atoms with Crippen LogP contribution in [-0.4, -0.2) is 56.4 Å². The minimum atomic E-state index is -2.91. The molecule has 2 rings (SSSR count). The molecule has 0 spiro atoms. The van der Waals surface area contributed by atoms with Crippen LogP contribution < -0.4 is 4.90 Å². The van der Waals surface area contributed by atoms with Gasteiger partial charge in [0.15, 0.2) is 9.84 Å². The van der Waals surface area contributed by atoms with E-state index in [1.54, 1.807) is 4.90 Å². The number of sulfone groups is 1. The maximum atomic E-state index is 12.5. The molecule has 1 aromatic carbocycles. The van der Waals surface area contributed by atoms with Gasteiger partial charge in [0.05, 0.1) is 18.1 Å². The first-order valence-corrected chi connectivity index (χ1v) is 9.01. The lowest BCUT2D eigenvalue weighted by Gasteiger charge is -2.31. The Kier molecular flexibility index (Phi) is 5.00. The number of carbonyl (C=O) groups is 1. The van der Waals surface area contributed by atoms with E-state index in [2.05, 4.69) is 0 Å². The van der Waals surface area contributed by atoms with Crippen molar-refractivity contribution >= 4 is 21.4 Å². The lowest BCUT2D eigenvalue weighted by Crippen LogP contribution is -2.48. The quantitative estimate of drug-likeness (QED) is 0.837. The van der Waals surface area contributed by atoms with Crippen LogP contribution in [0.25, 0.3) is 0 Å². The molecule has 5 nitrogen and oxygen atoms in total. The van der Waals surface area contributed by atoms with Crippen molar-refractivity contribution in [2.75, 3.05) is 36.0 Å². The zero-order valence-electron chi connectivity index (χ0n) is 12.5. The van der Waals surface area contributed by atoms with Crippen molar-refractivity contribution in [1.29, 1.82) is 0 Å². The molecule has 0 atom stereocenters. The smallest absolute Gasteiger partial charge is 0.241 e. The Morgan fingerprint density at radius 3 is 2.29 bits per heavy atom. The van der Waals surface area contributed by atoms with Crippen LogP contribution in [0.15, 0.2) is 30.3 Å². The molecule has 0 aliphatic carbocycles. The molecule has 1 aliphatic rings. The van der Waals surface area contributed by atoms with Crippen LogP contribution in [0.3, 0.4) is 0 Å². The average molecular weight is 310 g/mol. The molecule has 1 aromatic rings. The summed E-state index contributed by atoms with van der Waals surface area (Å²) in [6, 6.07) is 9.63. The molecule has 0 bridgehead atoms. The Labute approximate surface area is 126 Å². The van der Waals surface area contributed by atoms with Crippen molar-refractivity contribution in [3.05, 3.63) is 30.3 Å². The summed E-state index contributed by atoms with van der Waals surface area (Å²) in [4.78, 5) is 16.2. The third-order valence-corrected chi connectivity index (χ3v) is 5.22. The Balaban J connectivity index is 2.04. The molecule has 6 heteroatoms. The fourth-order valence-electron chi connectivity index (χ4n) is 2.49. The Hall–Kier alpha value is -1.40. The van der Waals surface area contributed by atoms with Crippen molar-refractivity contribution in [1.82, 2.24) is 4.90 Å². The molecular formula is C15H22N2O3S. The van der Waals surface area contributed by atoms with Crippen molar-refractivity contribution in [2.45, 2.75) is 19.9 Å². The van der Waals surface area contributed by atoms with Gasteiger partial charge in [-0.3, -0.25) is 9.69 Å². The third kappa shape index (κ3) is 4.28. The van der Waals surface area contributed by atoms with Crippen LogP contribution in [-0.2, 0) is 14.6 Å². The second-order valence-electron chi connectivity index (χ2n) is 5.62. The molecule has 0 N–H and O–H groups in total. The summed E-state index contributed by atoms with van der Waals surface area (Å²) < 4.78 is 22.8. The number of carbonyl (C=O) groups excluding carboxylic acids is 1. The van der Waals surface area contributed by atoms with E-state index in [0.29, 0.717) is 13.1 Å². The van der Waals surface area contributed by atoms with Crippen LogP contribution in [0.5, 0.6) is 0 Å². The van der Waals surface area contributed by atoms with Gasteiger partial charge in [-0.05, 0) is 26.0 Å². The van der Waals surface area contributed by atoms with Crippen molar-refractivity contribution in [3.8, 4) is 0 Å². The highest BCUT2D eigenvalue weighted by Gasteiger charge is 2.26. The SMILES string of the molecule is CC(C)N(C(=O)CN1CCS(=O)(=O)CC1)c1ccccc1. The fraction of sp³-hybridized carbons (Fsp3) is 0.533. The highest BCUT2D eigenvalue weighted by molar-refractivity contribution is 7.91. The van der Waals surface area contributed by atoms with E-state index in [0.717, 1.165) is 5.69 Å². The van der Waals surface area contributed by atoms with Gasteiger partial charge in [-0.25, -0.2) is 8.42 Å². The van der Waals surface area contributed by atoms with Gasteiger partial charge in [0.1, 0.15) is 0 Å². The minimum absolute atomic E-state index is 0.00972. The van der Waals surface area contributed by atoms with Gasteiger partial charge < -0.3 is 4.90 Å². The number of hydrogen-bond acceptors (Lipinski definition) is 4. The largest absolute Gasteiger partial charge is 0.309 e. The van der Waals surface area contributed by atoms with Crippen LogP contribution in [0, 0.1) is 0 Å². The molecule has 1 saturated heterocycles. The van der Waals surface area contributed by atoms with E-state index in [4.69, 9.17) is 0 Å². The highest BCUT2D eigenvalue weighted by atomic mass is 32.2. The summed E-state index contributed by atoms with van der Waals surface area (Å²) in [6.45, 7) is 5.10. The normalized spacial score (nSPS) is 18.6. The van der Waals surface area contributed by atoms with E-state index in [-0.39, 0.29) is 30.0 Å². The second kappa shape index (κ2) is 6.58. The molecule has 1 fully saturated rings.